The summed E-state index contributed by atoms with van der Waals surface area (Å²) in [5.41, 5.74) is 6.70. The number of ether oxygens (including phenoxy) is 1. The van der Waals surface area contributed by atoms with E-state index in [1.165, 1.54) is 0 Å². The Labute approximate surface area is 96.6 Å². The molecule has 0 atom stereocenters. The molecule has 3 nitrogen and oxygen atoms in total. The second kappa shape index (κ2) is 5.12. The van der Waals surface area contributed by atoms with Crippen molar-refractivity contribution in [2.75, 3.05) is 12.8 Å². The lowest BCUT2D eigenvalue weighted by Gasteiger charge is -2.22. The van der Waals surface area contributed by atoms with Crippen LogP contribution in [0.2, 0.25) is 0 Å². The Kier molecular flexibility index (Phi) is 4.07. The standard InChI is InChI=1S/C13H19NO2/c1-13(2,16-3)9-8-12(15)10-4-6-11(14)7-5-10/h4-7H,8-9,14H2,1-3H3. The molecule has 0 amide bonds. The molecule has 0 aliphatic rings. The molecule has 0 unspecified atom stereocenters. The molecule has 0 spiro atoms. The Morgan fingerprint density at radius 1 is 1.31 bits per heavy atom. The van der Waals surface area contributed by atoms with Gasteiger partial charge in [-0.25, -0.2) is 0 Å². The molecular formula is C13H19NO2. The van der Waals surface area contributed by atoms with Crippen LogP contribution in [0.4, 0.5) is 5.69 Å². The summed E-state index contributed by atoms with van der Waals surface area (Å²) in [5.74, 6) is 0.130. The predicted octanol–water partition coefficient (Wildman–Crippen LogP) is 2.66. The maximum atomic E-state index is 11.8. The average molecular weight is 221 g/mol. The maximum absolute atomic E-state index is 11.8. The maximum Gasteiger partial charge on any atom is 0.162 e. The lowest BCUT2D eigenvalue weighted by atomic mass is 9.98. The Bertz CT molecular complexity index is 355. The molecule has 0 radical (unpaired) electrons. The number of Topliss-reactive ketones (excluding diaryl/α,β-unsaturated/α-hetero) is 1. The van der Waals surface area contributed by atoms with E-state index in [-0.39, 0.29) is 11.4 Å². The molecule has 0 aliphatic heterocycles. The van der Waals surface area contributed by atoms with Crippen molar-refractivity contribution in [2.24, 2.45) is 0 Å². The summed E-state index contributed by atoms with van der Waals surface area (Å²) < 4.78 is 5.27. The van der Waals surface area contributed by atoms with E-state index in [9.17, 15) is 4.79 Å². The third-order valence-corrected chi connectivity index (χ3v) is 2.74. The van der Waals surface area contributed by atoms with E-state index >= 15 is 0 Å². The van der Waals surface area contributed by atoms with E-state index in [2.05, 4.69) is 0 Å². The van der Waals surface area contributed by atoms with Crippen molar-refractivity contribution in [1.29, 1.82) is 0 Å². The van der Waals surface area contributed by atoms with E-state index in [4.69, 9.17) is 10.5 Å². The number of nitrogen functional groups attached to an aromatic ring is 1. The van der Waals surface area contributed by atoms with Crippen LogP contribution in [0.25, 0.3) is 0 Å². The first-order chi connectivity index (χ1) is 7.44. The van der Waals surface area contributed by atoms with E-state index < -0.39 is 0 Å². The van der Waals surface area contributed by atoms with Gasteiger partial charge in [0.2, 0.25) is 0 Å². The molecule has 1 rings (SSSR count). The molecule has 0 saturated heterocycles. The number of anilines is 1. The van der Waals surface area contributed by atoms with E-state index in [0.29, 0.717) is 24.1 Å². The Balaban J connectivity index is 2.56. The zero-order valence-electron chi connectivity index (χ0n) is 10.1. The SMILES string of the molecule is COC(C)(C)CCC(=O)c1ccc(N)cc1. The van der Waals surface area contributed by atoms with E-state index in [1.807, 2.05) is 13.8 Å². The topological polar surface area (TPSA) is 52.3 Å². The molecule has 1 aromatic carbocycles. The van der Waals surface area contributed by atoms with Gasteiger partial charge in [-0.2, -0.15) is 0 Å². The molecule has 1 aromatic rings. The molecule has 16 heavy (non-hydrogen) atoms. The molecule has 0 bridgehead atoms. The lowest BCUT2D eigenvalue weighted by molar-refractivity contribution is 0.0141. The van der Waals surface area contributed by atoms with Gasteiger partial charge in [0, 0.05) is 24.8 Å². The molecular weight excluding hydrogens is 202 g/mol. The van der Waals surface area contributed by atoms with Crippen molar-refractivity contribution < 1.29 is 9.53 Å². The molecule has 2 N–H and O–H groups in total. The zero-order chi connectivity index (χ0) is 12.2. The summed E-state index contributed by atoms with van der Waals surface area (Å²) in [6.07, 6.45) is 1.21. The first-order valence-electron chi connectivity index (χ1n) is 5.38. The molecule has 0 aliphatic carbocycles. The first-order valence-corrected chi connectivity index (χ1v) is 5.38. The number of ketones is 1. The summed E-state index contributed by atoms with van der Waals surface area (Å²) in [6.45, 7) is 3.95. The van der Waals surface area contributed by atoms with Gasteiger partial charge in [-0.15, -0.1) is 0 Å². The van der Waals surface area contributed by atoms with Gasteiger partial charge in [0.25, 0.3) is 0 Å². The number of nitrogens with two attached hydrogens (primary N) is 1. The van der Waals surface area contributed by atoms with Crippen LogP contribution >= 0.6 is 0 Å². The number of benzene rings is 1. The second-order valence-corrected chi connectivity index (χ2v) is 4.51. The van der Waals surface area contributed by atoms with Crippen LogP contribution in [0.5, 0.6) is 0 Å². The number of carbonyl (C=O) groups excluding carboxylic acids is 1. The summed E-state index contributed by atoms with van der Waals surface area (Å²) in [4.78, 5) is 11.8. The third kappa shape index (κ3) is 3.66. The van der Waals surface area contributed by atoms with Crippen LogP contribution in [-0.2, 0) is 4.74 Å². The van der Waals surface area contributed by atoms with Gasteiger partial charge in [-0.1, -0.05) is 0 Å². The van der Waals surface area contributed by atoms with Crippen molar-refractivity contribution in [3.63, 3.8) is 0 Å². The van der Waals surface area contributed by atoms with Crippen LogP contribution in [0, 0.1) is 0 Å². The summed E-state index contributed by atoms with van der Waals surface area (Å²) in [6, 6.07) is 7.01. The van der Waals surface area contributed by atoms with Crippen LogP contribution in [-0.4, -0.2) is 18.5 Å². The van der Waals surface area contributed by atoms with Crippen LogP contribution in [0.1, 0.15) is 37.0 Å². The largest absolute Gasteiger partial charge is 0.399 e. The number of rotatable bonds is 5. The summed E-state index contributed by atoms with van der Waals surface area (Å²) >= 11 is 0. The lowest BCUT2D eigenvalue weighted by Crippen LogP contribution is -2.23. The van der Waals surface area contributed by atoms with Crippen molar-refractivity contribution in [3.8, 4) is 0 Å². The van der Waals surface area contributed by atoms with Crippen molar-refractivity contribution in [3.05, 3.63) is 29.8 Å². The smallest absolute Gasteiger partial charge is 0.162 e. The van der Waals surface area contributed by atoms with Crippen molar-refractivity contribution in [1.82, 2.24) is 0 Å². The van der Waals surface area contributed by atoms with E-state index in [0.717, 1.165) is 0 Å². The fraction of sp³-hybridized carbons (Fsp3) is 0.462. The number of methoxy groups -OCH3 is 1. The van der Waals surface area contributed by atoms with Gasteiger partial charge in [0.15, 0.2) is 5.78 Å². The fourth-order valence-electron chi connectivity index (χ4n) is 1.33. The minimum Gasteiger partial charge on any atom is -0.399 e. The molecule has 0 fully saturated rings. The minimum absolute atomic E-state index is 0.130. The minimum atomic E-state index is -0.247. The Morgan fingerprint density at radius 3 is 2.38 bits per heavy atom. The third-order valence-electron chi connectivity index (χ3n) is 2.74. The zero-order valence-corrected chi connectivity index (χ0v) is 10.1. The number of carbonyl (C=O) groups is 1. The van der Waals surface area contributed by atoms with Crippen molar-refractivity contribution >= 4 is 11.5 Å². The van der Waals surface area contributed by atoms with Gasteiger partial charge in [-0.3, -0.25) is 4.79 Å². The van der Waals surface area contributed by atoms with Crippen LogP contribution < -0.4 is 5.73 Å². The first kappa shape index (κ1) is 12.7. The van der Waals surface area contributed by atoms with Crippen LogP contribution in [0.15, 0.2) is 24.3 Å². The highest BCUT2D eigenvalue weighted by Crippen LogP contribution is 2.17. The molecule has 88 valence electrons. The number of hydrogen-bond donors (Lipinski definition) is 1. The monoisotopic (exact) mass is 221 g/mol. The highest BCUT2D eigenvalue weighted by molar-refractivity contribution is 5.96. The van der Waals surface area contributed by atoms with Gasteiger partial charge in [-0.05, 0) is 44.5 Å². The predicted molar refractivity (Wildman–Crippen MR) is 65.5 cm³/mol. The second-order valence-electron chi connectivity index (χ2n) is 4.51. The Hall–Kier alpha value is -1.35. The molecule has 0 saturated carbocycles. The summed E-state index contributed by atoms with van der Waals surface area (Å²) in [7, 11) is 1.66. The van der Waals surface area contributed by atoms with Gasteiger partial charge in [0.05, 0.1) is 5.60 Å². The normalized spacial score (nSPS) is 11.4. The average Bonchev–Trinajstić information content (AvgIpc) is 2.27. The number of hydrogen-bond acceptors (Lipinski definition) is 3. The highest BCUT2D eigenvalue weighted by atomic mass is 16.5. The molecule has 0 aromatic heterocycles. The van der Waals surface area contributed by atoms with Gasteiger partial charge < -0.3 is 10.5 Å². The van der Waals surface area contributed by atoms with Crippen molar-refractivity contribution in [2.45, 2.75) is 32.3 Å². The molecule has 0 heterocycles. The van der Waals surface area contributed by atoms with Gasteiger partial charge >= 0.3 is 0 Å². The van der Waals surface area contributed by atoms with E-state index in [1.54, 1.807) is 31.4 Å². The summed E-state index contributed by atoms with van der Waals surface area (Å²) in [5, 5.41) is 0. The van der Waals surface area contributed by atoms with Gasteiger partial charge in [0.1, 0.15) is 0 Å². The fourth-order valence-corrected chi connectivity index (χ4v) is 1.33. The highest BCUT2D eigenvalue weighted by Gasteiger charge is 2.18. The quantitative estimate of drug-likeness (QED) is 0.614. The Morgan fingerprint density at radius 2 is 1.88 bits per heavy atom. The van der Waals surface area contributed by atoms with Crippen LogP contribution in [0.3, 0.4) is 0 Å². The molecule has 3 heteroatoms.